The summed E-state index contributed by atoms with van der Waals surface area (Å²) < 4.78 is 21.3. The SMILES string of the molecule is Cc1cc(=O)oc2cc(OCC(=O)NCCc3ccc4c(c3)OCO4)ccc12. The van der Waals surface area contributed by atoms with Crippen LogP contribution in [-0.4, -0.2) is 25.9 Å². The minimum atomic E-state index is -0.414. The van der Waals surface area contributed by atoms with Gasteiger partial charge in [0.25, 0.3) is 5.91 Å². The second-order valence-electron chi connectivity index (χ2n) is 6.48. The molecule has 2 aromatic carbocycles. The van der Waals surface area contributed by atoms with Gasteiger partial charge >= 0.3 is 5.63 Å². The van der Waals surface area contributed by atoms with Gasteiger partial charge in [-0.25, -0.2) is 4.79 Å². The van der Waals surface area contributed by atoms with Gasteiger partial charge in [0.05, 0.1) is 0 Å². The molecule has 0 radical (unpaired) electrons. The van der Waals surface area contributed by atoms with Crippen molar-refractivity contribution in [1.82, 2.24) is 5.32 Å². The summed E-state index contributed by atoms with van der Waals surface area (Å²) in [6.45, 7) is 2.44. The fourth-order valence-corrected chi connectivity index (χ4v) is 3.04. The lowest BCUT2D eigenvalue weighted by Gasteiger charge is -2.09. The van der Waals surface area contributed by atoms with Gasteiger partial charge in [-0.2, -0.15) is 0 Å². The number of ether oxygens (including phenoxy) is 3. The number of fused-ring (bicyclic) bond motifs is 2. The summed E-state index contributed by atoms with van der Waals surface area (Å²) in [4.78, 5) is 23.5. The van der Waals surface area contributed by atoms with Crippen molar-refractivity contribution < 1.29 is 23.4 Å². The Balaban J connectivity index is 1.28. The molecular formula is C21H19NO6. The van der Waals surface area contributed by atoms with Crippen LogP contribution in [0.25, 0.3) is 11.0 Å². The lowest BCUT2D eigenvalue weighted by Crippen LogP contribution is -2.30. The molecule has 0 fully saturated rings. The molecule has 0 bridgehead atoms. The van der Waals surface area contributed by atoms with Crippen LogP contribution in [0.1, 0.15) is 11.1 Å². The first kappa shape index (κ1) is 17.9. The highest BCUT2D eigenvalue weighted by Gasteiger charge is 2.13. The summed E-state index contributed by atoms with van der Waals surface area (Å²) in [6.07, 6.45) is 0.669. The topological polar surface area (TPSA) is 87.0 Å². The summed E-state index contributed by atoms with van der Waals surface area (Å²) in [5.74, 6) is 1.70. The summed E-state index contributed by atoms with van der Waals surface area (Å²) in [5.41, 5.74) is 1.90. The van der Waals surface area contributed by atoms with Crippen molar-refractivity contribution in [2.24, 2.45) is 0 Å². The van der Waals surface area contributed by atoms with E-state index >= 15 is 0 Å². The lowest BCUT2D eigenvalue weighted by atomic mass is 10.1. The predicted octanol–water partition coefficient (Wildman–Crippen LogP) is 2.57. The molecule has 1 aliphatic heterocycles. The molecule has 7 nitrogen and oxygen atoms in total. The van der Waals surface area contributed by atoms with Gasteiger partial charge in [-0.3, -0.25) is 4.79 Å². The molecule has 1 aliphatic rings. The van der Waals surface area contributed by atoms with E-state index in [9.17, 15) is 9.59 Å². The zero-order chi connectivity index (χ0) is 19.5. The quantitative estimate of drug-likeness (QED) is 0.661. The lowest BCUT2D eigenvalue weighted by molar-refractivity contribution is -0.123. The first-order valence-electron chi connectivity index (χ1n) is 8.91. The fraction of sp³-hybridized carbons (Fsp3) is 0.238. The van der Waals surface area contributed by atoms with Gasteiger partial charge in [0.1, 0.15) is 11.3 Å². The normalized spacial score (nSPS) is 12.2. The minimum Gasteiger partial charge on any atom is -0.484 e. The van der Waals surface area contributed by atoms with Crippen LogP contribution in [0.3, 0.4) is 0 Å². The average Bonchev–Trinajstić information content (AvgIpc) is 3.14. The molecule has 0 saturated heterocycles. The Kier molecular flexibility index (Phi) is 4.89. The van der Waals surface area contributed by atoms with E-state index < -0.39 is 5.63 Å². The van der Waals surface area contributed by atoms with Crippen molar-refractivity contribution >= 4 is 16.9 Å². The Morgan fingerprint density at radius 3 is 2.86 bits per heavy atom. The van der Waals surface area contributed by atoms with Gasteiger partial charge in [-0.1, -0.05) is 6.07 Å². The van der Waals surface area contributed by atoms with Gasteiger partial charge in [0, 0.05) is 24.1 Å². The number of nitrogens with one attached hydrogen (secondary N) is 1. The Morgan fingerprint density at radius 1 is 1.11 bits per heavy atom. The van der Waals surface area contributed by atoms with E-state index in [-0.39, 0.29) is 19.3 Å². The van der Waals surface area contributed by atoms with Crippen LogP contribution >= 0.6 is 0 Å². The molecule has 0 unspecified atom stereocenters. The summed E-state index contributed by atoms with van der Waals surface area (Å²) in [5, 5.41) is 3.65. The van der Waals surface area contributed by atoms with Crippen molar-refractivity contribution in [3.8, 4) is 17.2 Å². The van der Waals surface area contributed by atoms with E-state index in [1.54, 1.807) is 18.2 Å². The number of carbonyl (C=O) groups excluding carboxylic acids is 1. The van der Waals surface area contributed by atoms with Gasteiger partial charge in [0.2, 0.25) is 6.79 Å². The molecule has 1 N–H and O–H groups in total. The molecule has 2 heterocycles. The highest BCUT2D eigenvalue weighted by Crippen LogP contribution is 2.32. The molecule has 3 aromatic rings. The maximum absolute atomic E-state index is 12.0. The van der Waals surface area contributed by atoms with E-state index in [0.29, 0.717) is 24.3 Å². The standard InChI is InChI=1S/C21H19NO6/c1-13-8-21(24)28-18-10-15(3-4-16(13)18)25-11-20(23)22-7-6-14-2-5-17-19(9-14)27-12-26-17/h2-5,8-10H,6-7,11-12H2,1H3,(H,22,23). The maximum atomic E-state index is 12.0. The van der Waals surface area contributed by atoms with Crippen molar-refractivity contribution in [2.75, 3.05) is 19.9 Å². The third-order valence-corrected chi connectivity index (χ3v) is 4.47. The zero-order valence-corrected chi connectivity index (χ0v) is 15.3. The van der Waals surface area contributed by atoms with Crippen LogP contribution in [0.2, 0.25) is 0 Å². The van der Waals surface area contributed by atoms with Crippen molar-refractivity contribution in [3.63, 3.8) is 0 Å². The summed E-state index contributed by atoms with van der Waals surface area (Å²) in [6, 6.07) is 12.3. The highest BCUT2D eigenvalue weighted by atomic mass is 16.7. The number of carbonyl (C=O) groups is 1. The Bertz CT molecular complexity index is 1090. The van der Waals surface area contributed by atoms with Crippen LogP contribution in [0, 0.1) is 6.92 Å². The Morgan fingerprint density at radius 2 is 1.96 bits per heavy atom. The number of hydrogen-bond acceptors (Lipinski definition) is 6. The third kappa shape index (κ3) is 3.93. The van der Waals surface area contributed by atoms with Crippen LogP contribution in [-0.2, 0) is 11.2 Å². The number of benzene rings is 2. The number of amides is 1. The van der Waals surface area contributed by atoms with E-state index in [1.165, 1.54) is 6.07 Å². The van der Waals surface area contributed by atoms with Crippen LogP contribution in [0.15, 0.2) is 51.7 Å². The number of rotatable bonds is 6. The largest absolute Gasteiger partial charge is 0.484 e. The third-order valence-electron chi connectivity index (χ3n) is 4.47. The Labute approximate surface area is 160 Å². The highest BCUT2D eigenvalue weighted by molar-refractivity contribution is 5.81. The number of aryl methyl sites for hydroxylation is 1. The molecule has 1 aromatic heterocycles. The first-order chi connectivity index (χ1) is 13.6. The van der Waals surface area contributed by atoms with Crippen LogP contribution in [0.5, 0.6) is 17.2 Å². The average molecular weight is 381 g/mol. The molecule has 1 amide bonds. The summed E-state index contributed by atoms with van der Waals surface area (Å²) >= 11 is 0. The predicted molar refractivity (Wildman–Crippen MR) is 102 cm³/mol. The smallest absolute Gasteiger partial charge is 0.336 e. The van der Waals surface area contributed by atoms with Gasteiger partial charge in [-0.15, -0.1) is 0 Å². The first-order valence-corrected chi connectivity index (χ1v) is 8.91. The molecule has 0 atom stereocenters. The molecule has 0 saturated carbocycles. The summed E-state index contributed by atoms with van der Waals surface area (Å²) in [7, 11) is 0. The molecule has 4 rings (SSSR count). The maximum Gasteiger partial charge on any atom is 0.336 e. The molecule has 0 spiro atoms. The monoisotopic (exact) mass is 381 g/mol. The Hall–Kier alpha value is -3.48. The van der Waals surface area contributed by atoms with Crippen LogP contribution < -0.4 is 25.2 Å². The van der Waals surface area contributed by atoms with Gasteiger partial charge in [-0.05, 0) is 48.7 Å². The molecule has 0 aliphatic carbocycles. The second-order valence-corrected chi connectivity index (χ2v) is 6.48. The number of hydrogen-bond donors (Lipinski definition) is 1. The van der Waals surface area contributed by atoms with Crippen LogP contribution in [0.4, 0.5) is 0 Å². The van der Waals surface area contributed by atoms with Gasteiger partial charge < -0.3 is 23.9 Å². The van der Waals surface area contributed by atoms with Crippen molar-refractivity contribution in [1.29, 1.82) is 0 Å². The van der Waals surface area contributed by atoms with Gasteiger partial charge in [0.15, 0.2) is 18.1 Å². The van der Waals surface area contributed by atoms with E-state index in [0.717, 1.165) is 28.0 Å². The molecule has 144 valence electrons. The zero-order valence-electron chi connectivity index (χ0n) is 15.3. The molecular weight excluding hydrogens is 362 g/mol. The van der Waals surface area contributed by atoms with Crippen molar-refractivity contribution in [3.05, 3.63) is 64.0 Å². The van der Waals surface area contributed by atoms with E-state index in [4.69, 9.17) is 18.6 Å². The van der Waals surface area contributed by atoms with E-state index in [2.05, 4.69) is 5.32 Å². The minimum absolute atomic E-state index is 0.122. The second kappa shape index (κ2) is 7.64. The van der Waals surface area contributed by atoms with Crippen molar-refractivity contribution in [2.45, 2.75) is 13.3 Å². The fourth-order valence-electron chi connectivity index (χ4n) is 3.04. The molecule has 28 heavy (non-hydrogen) atoms. The molecule has 7 heteroatoms. The van der Waals surface area contributed by atoms with E-state index in [1.807, 2.05) is 25.1 Å².